The molecule has 0 saturated heterocycles. The molecule has 0 unspecified atom stereocenters. The molecule has 0 aliphatic heterocycles. The minimum absolute atomic E-state index is 0.160. The molecule has 1 fully saturated rings. The molecule has 1 saturated carbocycles. The highest BCUT2D eigenvalue weighted by molar-refractivity contribution is 6.05. The normalized spacial score (nSPS) is 14.4. The fraction of sp³-hybridized carbons (Fsp3) is 0.286. The quantitative estimate of drug-likeness (QED) is 0.917. The van der Waals surface area contributed by atoms with E-state index in [0.717, 1.165) is 18.6 Å². The lowest BCUT2D eigenvalue weighted by Crippen LogP contribution is -2.18. The lowest BCUT2D eigenvalue weighted by Gasteiger charge is -2.05. The van der Waals surface area contributed by atoms with Gasteiger partial charge in [0.1, 0.15) is 5.76 Å². The zero-order chi connectivity index (χ0) is 13.4. The van der Waals surface area contributed by atoms with E-state index in [1.807, 2.05) is 0 Å². The number of aromatic nitrogens is 1. The Morgan fingerprint density at radius 3 is 2.89 bits per heavy atom. The molecule has 3 rings (SSSR count). The Labute approximate surface area is 109 Å². The number of carbonyl (C=O) groups is 1. The minimum atomic E-state index is -0.232. The second-order valence-electron chi connectivity index (χ2n) is 4.79. The van der Waals surface area contributed by atoms with E-state index in [1.54, 1.807) is 25.4 Å². The summed E-state index contributed by atoms with van der Waals surface area (Å²) in [7, 11) is 1.66. The van der Waals surface area contributed by atoms with Gasteiger partial charge in [-0.3, -0.25) is 9.59 Å². The summed E-state index contributed by atoms with van der Waals surface area (Å²) in [5, 5.41) is 2.72. The van der Waals surface area contributed by atoms with Gasteiger partial charge in [0, 0.05) is 30.9 Å². The predicted molar refractivity (Wildman–Crippen MR) is 70.3 cm³/mol. The van der Waals surface area contributed by atoms with Crippen molar-refractivity contribution in [2.75, 3.05) is 5.32 Å². The first-order valence-corrected chi connectivity index (χ1v) is 6.20. The Kier molecular flexibility index (Phi) is 2.74. The summed E-state index contributed by atoms with van der Waals surface area (Å²) < 4.78 is 6.81. The number of hydrogen-bond acceptors (Lipinski definition) is 3. The topological polar surface area (TPSA) is 64.2 Å². The van der Waals surface area contributed by atoms with Gasteiger partial charge in [0.25, 0.3) is 11.5 Å². The van der Waals surface area contributed by atoms with Gasteiger partial charge >= 0.3 is 0 Å². The first-order chi connectivity index (χ1) is 9.15. The van der Waals surface area contributed by atoms with E-state index in [-0.39, 0.29) is 11.5 Å². The highest BCUT2D eigenvalue weighted by Crippen LogP contribution is 2.42. The second kappa shape index (κ2) is 4.42. The van der Waals surface area contributed by atoms with Crippen molar-refractivity contribution in [1.82, 2.24) is 4.57 Å². The maximum absolute atomic E-state index is 12.1. The molecule has 1 amide bonds. The van der Waals surface area contributed by atoms with Gasteiger partial charge in [-0.15, -0.1) is 0 Å². The molecule has 5 heteroatoms. The molecule has 1 aliphatic carbocycles. The average Bonchev–Trinajstić information content (AvgIpc) is 3.11. The van der Waals surface area contributed by atoms with Crippen LogP contribution in [0.4, 0.5) is 5.69 Å². The Morgan fingerprint density at radius 1 is 1.42 bits per heavy atom. The number of anilines is 1. The molecular formula is C14H14N2O3. The van der Waals surface area contributed by atoms with Crippen LogP contribution in [0.2, 0.25) is 0 Å². The lowest BCUT2D eigenvalue weighted by molar-refractivity contribution is 0.102. The van der Waals surface area contributed by atoms with Crippen LogP contribution in [0.25, 0.3) is 0 Å². The Morgan fingerprint density at radius 2 is 2.21 bits per heavy atom. The highest BCUT2D eigenvalue weighted by atomic mass is 16.3. The smallest absolute Gasteiger partial charge is 0.259 e. The van der Waals surface area contributed by atoms with Crippen LogP contribution in [0.15, 0.2) is 39.9 Å². The molecule has 2 heterocycles. The SMILES string of the molecule is Cn1ccc(NC(=O)c2ccoc2C2CC2)cc1=O. The fourth-order valence-electron chi connectivity index (χ4n) is 1.99. The molecule has 0 bridgehead atoms. The van der Waals surface area contributed by atoms with Gasteiger partial charge in [-0.1, -0.05) is 0 Å². The largest absolute Gasteiger partial charge is 0.468 e. The van der Waals surface area contributed by atoms with Crippen molar-refractivity contribution in [2.24, 2.45) is 7.05 Å². The van der Waals surface area contributed by atoms with Crippen molar-refractivity contribution in [3.05, 3.63) is 52.3 Å². The van der Waals surface area contributed by atoms with Crippen LogP contribution in [0.3, 0.4) is 0 Å². The average molecular weight is 258 g/mol. The van der Waals surface area contributed by atoms with Gasteiger partial charge in [-0.05, 0) is 25.0 Å². The van der Waals surface area contributed by atoms with Crippen molar-refractivity contribution < 1.29 is 9.21 Å². The zero-order valence-electron chi connectivity index (χ0n) is 10.6. The van der Waals surface area contributed by atoms with Crippen LogP contribution in [0.5, 0.6) is 0 Å². The van der Waals surface area contributed by atoms with Crippen LogP contribution >= 0.6 is 0 Å². The van der Waals surface area contributed by atoms with Gasteiger partial charge in [0.05, 0.1) is 11.8 Å². The third-order valence-corrected chi connectivity index (χ3v) is 3.25. The van der Waals surface area contributed by atoms with Crippen LogP contribution < -0.4 is 10.9 Å². The van der Waals surface area contributed by atoms with E-state index in [0.29, 0.717) is 17.2 Å². The third kappa shape index (κ3) is 2.31. The van der Waals surface area contributed by atoms with E-state index in [4.69, 9.17) is 4.42 Å². The number of pyridine rings is 1. The highest BCUT2D eigenvalue weighted by Gasteiger charge is 2.31. The van der Waals surface area contributed by atoms with Gasteiger partial charge in [0.2, 0.25) is 0 Å². The summed E-state index contributed by atoms with van der Waals surface area (Å²) in [6.45, 7) is 0. The van der Waals surface area contributed by atoms with Crippen LogP contribution in [0.1, 0.15) is 34.9 Å². The summed E-state index contributed by atoms with van der Waals surface area (Å²) in [6, 6.07) is 4.76. The Hall–Kier alpha value is -2.30. The standard InChI is InChI=1S/C14H14N2O3/c1-16-6-4-10(8-12(16)17)15-14(18)11-5-7-19-13(11)9-2-3-9/h4-9H,2-3H2,1H3,(H,15,18). The number of furan rings is 1. The summed E-state index contributed by atoms with van der Waals surface area (Å²) in [5.74, 6) is 0.893. The van der Waals surface area contributed by atoms with Gasteiger partial charge in [-0.2, -0.15) is 0 Å². The number of rotatable bonds is 3. The second-order valence-corrected chi connectivity index (χ2v) is 4.79. The molecule has 0 atom stereocenters. The Balaban J connectivity index is 1.82. The van der Waals surface area contributed by atoms with Crippen molar-refractivity contribution >= 4 is 11.6 Å². The number of carbonyl (C=O) groups excluding carboxylic acids is 1. The van der Waals surface area contributed by atoms with Gasteiger partial charge < -0.3 is 14.3 Å². The molecule has 1 N–H and O–H groups in total. The fourth-order valence-corrected chi connectivity index (χ4v) is 1.99. The Bertz CT molecular complexity index is 680. The number of nitrogens with one attached hydrogen (secondary N) is 1. The van der Waals surface area contributed by atoms with Crippen molar-refractivity contribution in [3.63, 3.8) is 0 Å². The maximum atomic E-state index is 12.1. The van der Waals surface area contributed by atoms with Crippen LogP contribution in [-0.2, 0) is 7.05 Å². The van der Waals surface area contributed by atoms with Crippen LogP contribution in [0, 0.1) is 0 Å². The number of hydrogen-bond donors (Lipinski definition) is 1. The first-order valence-electron chi connectivity index (χ1n) is 6.20. The van der Waals surface area contributed by atoms with Crippen molar-refractivity contribution in [2.45, 2.75) is 18.8 Å². The summed E-state index contributed by atoms with van der Waals surface area (Å²) >= 11 is 0. The summed E-state index contributed by atoms with van der Waals surface area (Å²) in [4.78, 5) is 23.6. The van der Waals surface area contributed by atoms with Gasteiger partial charge in [0.15, 0.2) is 0 Å². The van der Waals surface area contributed by atoms with Gasteiger partial charge in [-0.25, -0.2) is 0 Å². The van der Waals surface area contributed by atoms with Crippen molar-refractivity contribution in [1.29, 1.82) is 0 Å². The van der Waals surface area contributed by atoms with E-state index in [2.05, 4.69) is 5.32 Å². The molecule has 2 aromatic heterocycles. The number of aryl methyl sites for hydroxylation is 1. The van der Waals surface area contributed by atoms with E-state index in [9.17, 15) is 9.59 Å². The molecule has 98 valence electrons. The zero-order valence-corrected chi connectivity index (χ0v) is 10.6. The monoisotopic (exact) mass is 258 g/mol. The molecule has 0 aromatic carbocycles. The van der Waals surface area contributed by atoms with E-state index in [1.165, 1.54) is 16.9 Å². The molecular weight excluding hydrogens is 244 g/mol. The molecule has 1 aliphatic rings. The first kappa shape index (κ1) is 11.8. The predicted octanol–water partition coefficient (Wildman–Crippen LogP) is 2.11. The molecule has 2 aromatic rings. The van der Waals surface area contributed by atoms with Crippen molar-refractivity contribution in [3.8, 4) is 0 Å². The van der Waals surface area contributed by atoms with Crippen LogP contribution in [-0.4, -0.2) is 10.5 Å². The molecule has 0 radical (unpaired) electrons. The number of amides is 1. The summed E-state index contributed by atoms with van der Waals surface area (Å²) in [5.41, 5.74) is 0.895. The maximum Gasteiger partial charge on any atom is 0.259 e. The molecule has 0 spiro atoms. The number of nitrogens with zero attached hydrogens (tertiary/aromatic N) is 1. The van der Waals surface area contributed by atoms with E-state index >= 15 is 0 Å². The third-order valence-electron chi connectivity index (χ3n) is 3.25. The molecule has 5 nitrogen and oxygen atoms in total. The lowest BCUT2D eigenvalue weighted by atomic mass is 10.1. The van der Waals surface area contributed by atoms with E-state index < -0.39 is 0 Å². The molecule has 19 heavy (non-hydrogen) atoms. The summed E-state index contributed by atoms with van der Waals surface area (Å²) in [6.07, 6.45) is 5.29. The minimum Gasteiger partial charge on any atom is -0.468 e.